The number of nitrogens with one attached hydrogen (secondary N) is 1. The van der Waals surface area contributed by atoms with E-state index in [2.05, 4.69) is 20.5 Å². The molecule has 0 aliphatic rings. The van der Waals surface area contributed by atoms with Crippen LogP contribution in [-0.2, 0) is 6.54 Å². The van der Waals surface area contributed by atoms with Crippen LogP contribution < -0.4 is 5.32 Å². The van der Waals surface area contributed by atoms with E-state index in [4.69, 9.17) is 11.6 Å². The van der Waals surface area contributed by atoms with Gasteiger partial charge in [0.1, 0.15) is 0 Å². The van der Waals surface area contributed by atoms with Gasteiger partial charge in [0, 0.05) is 21.8 Å². The van der Waals surface area contributed by atoms with Gasteiger partial charge in [-0.3, -0.25) is 0 Å². The third-order valence-corrected chi connectivity index (χ3v) is 3.93. The molecular formula is C13H11ClN4S. The van der Waals surface area contributed by atoms with Gasteiger partial charge in [-0.1, -0.05) is 35.9 Å². The van der Waals surface area contributed by atoms with Crippen LogP contribution in [0.4, 0.5) is 5.82 Å². The number of hydrogen-bond acceptors (Lipinski definition) is 5. The van der Waals surface area contributed by atoms with E-state index in [-0.39, 0.29) is 0 Å². The van der Waals surface area contributed by atoms with Gasteiger partial charge >= 0.3 is 0 Å². The quantitative estimate of drug-likeness (QED) is 0.800. The van der Waals surface area contributed by atoms with Crippen molar-refractivity contribution in [2.45, 2.75) is 13.5 Å². The molecule has 1 aromatic carbocycles. The van der Waals surface area contributed by atoms with Gasteiger partial charge in [-0.05, 0) is 6.92 Å². The largest absolute Gasteiger partial charge is 0.363 e. The van der Waals surface area contributed by atoms with E-state index < -0.39 is 0 Å². The van der Waals surface area contributed by atoms with Gasteiger partial charge in [-0.2, -0.15) is 0 Å². The highest BCUT2D eigenvalue weighted by Gasteiger charge is 2.07. The van der Waals surface area contributed by atoms with Crippen molar-refractivity contribution in [1.29, 1.82) is 0 Å². The highest BCUT2D eigenvalue weighted by molar-refractivity contribution is 7.11. The molecule has 0 fully saturated rings. The zero-order valence-electron chi connectivity index (χ0n) is 10.2. The second-order valence-electron chi connectivity index (χ2n) is 4.08. The topological polar surface area (TPSA) is 50.7 Å². The van der Waals surface area contributed by atoms with Crippen LogP contribution >= 0.6 is 22.9 Å². The number of anilines is 1. The molecular weight excluding hydrogens is 280 g/mol. The second-order valence-corrected chi connectivity index (χ2v) is 5.76. The van der Waals surface area contributed by atoms with E-state index in [1.165, 1.54) is 4.88 Å². The number of hydrogen-bond donors (Lipinski definition) is 1. The van der Waals surface area contributed by atoms with Crippen molar-refractivity contribution in [3.8, 4) is 0 Å². The lowest BCUT2D eigenvalue weighted by Gasteiger charge is -2.07. The van der Waals surface area contributed by atoms with E-state index in [0.717, 1.165) is 21.6 Å². The molecule has 96 valence electrons. The van der Waals surface area contributed by atoms with Crippen LogP contribution in [0.5, 0.6) is 0 Å². The smallest absolute Gasteiger partial charge is 0.159 e. The number of fused-ring (bicyclic) bond motifs is 1. The molecule has 3 rings (SSSR count). The fraction of sp³-hybridized carbons (Fsp3) is 0.154. The van der Waals surface area contributed by atoms with E-state index >= 15 is 0 Å². The summed E-state index contributed by atoms with van der Waals surface area (Å²) in [5.74, 6) is 0.742. The first-order valence-corrected chi connectivity index (χ1v) is 6.99. The molecule has 0 bridgehead atoms. The Labute approximate surface area is 119 Å². The minimum Gasteiger partial charge on any atom is -0.363 e. The summed E-state index contributed by atoms with van der Waals surface area (Å²) in [5.41, 5.74) is 0. The summed E-state index contributed by atoms with van der Waals surface area (Å²) in [4.78, 5) is 5.39. The van der Waals surface area contributed by atoms with Crippen molar-refractivity contribution in [3.05, 3.63) is 45.5 Å². The summed E-state index contributed by atoms with van der Waals surface area (Å²) in [7, 11) is 0. The Kier molecular flexibility index (Phi) is 3.31. The monoisotopic (exact) mass is 290 g/mol. The third-order valence-electron chi connectivity index (χ3n) is 2.74. The molecule has 0 saturated heterocycles. The maximum Gasteiger partial charge on any atom is 0.159 e. The molecule has 0 saturated carbocycles. The van der Waals surface area contributed by atoms with Crippen LogP contribution in [-0.4, -0.2) is 15.2 Å². The first kappa shape index (κ1) is 12.3. The summed E-state index contributed by atoms with van der Waals surface area (Å²) >= 11 is 7.71. The second kappa shape index (κ2) is 5.11. The van der Waals surface area contributed by atoms with Crippen LogP contribution in [0.15, 0.2) is 30.5 Å². The predicted molar refractivity (Wildman–Crippen MR) is 78.7 cm³/mol. The number of halogens is 1. The van der Waals surface area contributed by atoms with E-state index in [1.54, 1.807) is 11.3 Å². The van der Waals surface area contributed by atoms with Crippen LogP contribution in [0.3, 0.4) is 0 Å². The van der Waals surface area contributed by atoms with Crippen molar-refractivity contribution in [3.63, 3.8) is 0 Å². The van der Waals surface area contributed by atoms with Gasteiger partial charge in [0.2, 0.25) is 0 Å². The highest BCUT2D eigenvalue weighted by atomic mass is 35.5. The Morgan fingerprint density at radius 3 is 2.74 bits per heavy atom. The van der Waals surface area contributed by atoms with Gasteiger partial charge in [0.05, 0.1) is 11.6 Å². The lowest BCUT2D eigenvalue weighted by molar-refractivity contribution is 1.02. The van der Waals surface area contributed by atoms with Crippen molar-refractivity contribution in [1.82, 2.24) is 15.2 Å². The van der Waals surface area contributed by atoms with Crippen LogP contribution in [0, 0.1) is 6.92 Å². The van der Waals surface area contributed by atoms with Crippen LogP contribution in [0.2, 0.25) is 5.15 Å². The SMILES string of the molecule is Cc1ncc(CNc2nnc(Cl)c3ccccc23)s1. The zero-order chi connectivity index (χ0) is 13.2. The Hall–Kier alpha value is -1.72. The van der Waals surface area contributed by atoms with Crippen molar-refractivity contribution in [2.75, 3.05) is 5.32 Å². The molecule has 0 unspecified atom stereocenters. The molecule has 0 amide bonds. The minimum absolute atomic E-state index is 0.426. The van der Waals surface area contributed by atoms with Gasteiger partial charge in [-0.15, -0.1) is 21.5 Å². The van der Waals surface area contributed by atoms with E-state index in [1.807, 2.05) is 37.4 Å². The Balaban J connectivity index is 1.91. The first-order valence-electron chi connectivity index (χ1n) is 5.80. The Bertz CT molecular complexity index is 725. The lowest BCUT2D eigenvalue weighted by atomic mass is 10.2. The van der Waals surface area contributed by atoms with Gasteiger partial charge in [-0.25, -0.2) is 4.98 Å². The molecule has 2 heterocycles. The van der Waals surface area contributed by atoms with Crippen LogP contribution in [0.1, 0.15) is 9.88 Å². The maximum atomic E-state index is 6.04. The molecule has 2 aromatic heterocycles. The van der Waals surface area contributed by atoms with E-state index in [9.17, 15) is 0 Å². The number of rotatable bonds is 3. The molecule has 4 nitrogen and oxygen atoms in total. The molecule has 0 spiro atoms. The number of benzene rings is 1. The average molecular weight is 291 g/mol. The summed E-state index contributed by atoms with van der Waals surface area (Å²) < 4.78 is 0. The van der Waals surface area contributed by atoms with Crippen LogP contribution in [0.25, 0.3) is 10.8 Å². The molecule has 19 heavy (non-hydrogen) atoms. The molecule has 0 aliphatic carbocycles. The predicted octanol–water partition coefficient (Wildman–Crippen LogP) is 3.66. The molecule has 1 N–H and O–H groups in total. The lowest BCUT2D eigenvalue weighted by Crippen LogP contribution is -2.02. The maximum absolute atomic E-state index is 6.04. The summed E-state index contributed by atoms with van der Waals surface area (Å²) in [5, 5.41) is 14.7. The van der Waals surface area contributed by atoms with Gasteiger partial charge < -0.3 is 5.32 Å². The summed E-state index contributed by atoms with van der Waals surface area (Å²) in [6, 6.07) is 7.82. The number of aromatic nitrogens is 3. The van der Waals surface area contributed by atoms with Crippen molar-refractivity contribution >= 4 is 39.5 Å². The molecule has 0 aliphatic heterocycles. The molecule has 3 aromatic rings. The fourth-order valence-electron chi connectivity index (χ4n) is 1.86. The standard InChI is InChI=1S/C13H11ClN4S/c1-8-15-6-9(19-8)7-16-13-11-5-3-2-4-10(11)12(14)17-18-13/h2-6H,7H2,1H3,(H,16,18). The summed E-state index contributed by atoms with van der Waals surface area (Å²) in [6.07, 6.45) is 1.87. The summed E-state index contributed by atoms with van der Waals surface area (Å²) in [6.45, 7) is 2.68. The normalized spacial score (nSPS) is 10.8. The Morgan fingerprint density at radius 1 is 1.21 bits per heavy atom. The third kappa shape index (κ3) is 2.52. The van der Waals surface area contributed by atoms with E-state index in [0.29, 0.717) is 11.7 Å². The van der Waals surface area contributed by atoms with Gasteiger partial charge in [0.25, 0.3) is 0 Å². The molecule has 6 heteroatoms. The average Bonchev–Trinajstić information content (AvgIpc) is 2.84. The fourth-order valence-corrected chi connectivity index (χ4v) is 2.80. The highest BCUT2D eigenvalue weighted by Crippen LogP contribution is 2.26. The van der Waals surface area contributed by atoms with Crippen molar-refractivity contribution < 1.29 is 0 Å². The molecule has 0 radical (unpaired) electrons. The zero-order valence-corrected chi connectivity index (χ0v) is 11.8. The number of aryl methyl sites for hydroxylation is 1. The number of nitrogens with zero attached hydrogens (tertiary/aromatic N) is 3. The minimum atomic E-state index is 0.426. The Morgan fingerprint density at radius 2 is 2.00 bits per heavy atom. The van der Waals surface area contributed by atoms with Crippen molar-refractivity contribution in [2.24, 2.45) is 0 Å². The van der Waals surface area contributed by atoms with Gasteiger partial charge in [0.15, 0.2) is 11.0 Å². The molecule has 0 atom stereocenters. The number of thiazole rings is 1. The first-order chi connectivity index (χ1) is 9.24.